The molecule has 0 saturated heterocycles. The van der Waals surface area contributed by atoms with Crippen LogP contribution in [0, 0.1) is 6.92 Å². The van der Waals surface area contributed by atoms with Crippen LogP contribution in [0.1, 0.15) is 16.3 Å². The van der Waals surface area contributed by atoms with Crippen LogP contribution in [-0.4, -0.2) is 14.7 Å². The normalized spacial score (nSPS) is 10.8. The number of nitrogens with zero attached hydrogens (tertiary/aromatic N) is 2. The van der Waals surface area contributed by atoms with Crippen molar-refractivity contribution in [1.29, 1.82) is 0 Å². The van der Waals surface area contributed by atoms with Crippen molar-refractivity contribution in [2.24, 2.45) is 0 Å². The number of rotatable bonds is 5. The van der Waals surface area contributed by atoms with Gasteiger partial charge in [-0.3, -0.25) is 0 Å². The zero-order valence-corrected chi connectivity index (χ0v) is 12.6. The third-order valence-corrected chi connectivity index (χ3v) is 3.75. The van der Waals surface area contributed by atoms with Crippen LogP contribution in [0.4, 0.5) is 0 Å². The summed E-state index contributed by atoms with van der Waals surface area (Å²) >= 11 is 1.58. The second-order valence-electron chi connectivity index (χ2n) is 4.64. The number of aryl methyl sites for hydroxylation is 1. The molecular weight excluding hydrogens is 306 g/mol. The molecule has 0 unspecified atom stereocenters. The maximum atomic E-state index is 11.4. The zero-order valence-electron chi connectivity index (χ0n) is 11.7. The van der Waals surface area contributed by atoms with E-state index in [1.807, 2.05) is 17.3 Å². The number of aromatic nitrogens is 3. The van der Waals surface area contributed by atoms with Crippen molar-refractivity contribution in [1.82, 2.24) is 14.7 Å². The van der Waals surface area contributed by atoms with Crippen LogP contribution in [0.15, 0.2) is 43.8 Å². The fourth-order valence-corrected chi connectivity index (χ4v) is 2.50. The Labute approximate surface area is 128 Å². The number of H-pyrrole nitrogens is 1. The van der Waals surface area contributed by atoms with Crippen LogP contribution < -0.4 is 16.2 Å². The highest BCUT2D eigenvalue weighted by atomic mass is 32.1. The number of nitrogens with one attached hydrogen (secondary N) is 1. The van der Waals surface area contributed by atoms with E-state index >= 15 is 0 Å². The third-order valence-electron chi connectivity index (χ3n) is 2.93. The molecule has 8 heteroatoms. The summed E-state index contributed by atoms with van der Waals surface area (Å²) in [6.45, 7) is 2.54. The molecule has 0 radical (unpaired) electrons. The van der Waals surface area contributed by atoms with Gasteiger partial charge >= 0.3 is 11.4 Å². The van der Waals surface area contributed by atoms with Crippen LogP contribution >= 0.6 is 11.3 Å². The summed E-state index contributed by atoms with van der Waals surface area (Å²) in [5.41, 5.74) is 1.15. The van der Waals surface area contributed by atoms with E-state index in [0.29, 0.717) is 12.4 Å². The first kappa shape index (κ1) is 14.3. The van der Waals surface area contributed by atoms with E-state index in [2.05, 4.69) is 4.98 Å². The molecule has 0 amide bonds. The van der Waals surface area contributed by atoms with Crippen molar-refractivity contribution in [2.75, 3.05) is 0 Å². The summed E-state index contributed by atoms with van der Waals surface area (Å²) in [6.07, 6.45) is 0. The Kier molecular flexibility index (Phi) is 3.92. The smallest absolute Gasteiger partial charge is 0.440 e. The molecule has 2 aromatic heterocycles. The van der Waals surface area contributed by atoms with Crippen LogP contribution in [0.25, 0.3) is 0 Å². The van der Waals surface area contributed by atoms with Crippen molar-refractivity contribution in [3.8, 4) is 5.75 Å². The van der Waals surface area contributed by atoms with Crippen LogP contribution in [0.5, 0.6) is 5.75 Å². The Morgan fingerprint density at radius 3 is 2.68 bits per heavy atom. The lowest BCUT2D eigenvalue weighted by molar-refractivity contribution is 0.258. The topological polar surface area (TPSA) is 90.1 Å². The molecule has 0 atom stereocenters. The summed E-state index contributed by atoms with van der Waals surface area (Å²) in [5, 5.41) is 2.97. The molecule has 114 valence electrons. The highest BCUT2D eigenvalue weighted by Gasteiger charge is 2.04. The average molecular weight is 319 g/mol. The van der Waals surface area contributed by atoms with Gasteiger partial charge in [0, 0.05) is 5.38 Å². The Balaban J connectivity index is 1.63. The molecule has 0 spiro atoms. The molecule has 0 aliphatic carbocycles. The molecule has 0 fully saturated rings. The SMILES string of the molecule is Cc1nc(COc2ccc(Cn3oc(=O)[nH]c3=O)cc2)cs1. The Morgan fingerprint density at radius 1 is 1.32 bits per heavy atom. The van der Waals surface area contributed by atoms with Crippen molar-refractivity contribution in [3.63, 3.8) is 0 Å². The first-order valence-corrected chi connectivity index (χ1v) is 7.41. The summed E-state index contributed by atoms with van der Waals surface area (Å²) in [7, 11) is 0. The van der Waals surface area contributed by atoms with Gasteiger partial charge in [0.05, 0.1) is 17.2 Å². The monoisotopic (exact) mass is 319 g/mol. The molecule has 22 heavy (non-hydrogen) atoms. The quantitative estimate of drug-likeness (QED) is 0.770. The van der Waals surface area contributed by atoms with Crippen molar-refractivity contribution in [2.45, 2.75) is 20.1 Å². The number of thiazole rings is 1. The van der Waals surface area contributed by atoms with Gasteiger partial charge in [-0.2, -0.15) is 0 Å². The van der Waals surface area contributed by atoms with E-state index in [9.17, 15) is 9.59 Å². The minimum atomic E-state index is -0.761. The maximum absolute atomic E-state index is 11.4. The van der Waals surface area contributed by atoms with Gasteiger partial charge in [0.25, 0.3) is 0 Å². The molecule has 3 rings (SSSR count). The zero-order chi connectivity index (χ0) is 15.5. The molecule has 3 aromatic rings. The molecule has 2 heterocycles. The lowest BCUT2D eigenvalue weighted by atomic mass is 10.2. The standard InChI is InChI=1S/C14H13N3O4S/c1-9-15-11(8-22-9)7-20-12-4-2-10(3-5-12)6-17-13(18)16-14(19)21-17/h2-5,8H,6-7H2,1H3,(H,16,18,19). The fourth-order valence-electron chi connectivity index (χ4n) is 1.91. The average Bonchev–Trinajstić information content (AvgIpc) is 3.04. The lowest BCUT2D eigenvalue weighted by Crippen LogP contribution is -2.17. The van der Waals surface area contributed by atoms with Crippen molar-refractivity contribution in [3.05, 3.63) is 66.9 Å². The van der Waals surface area contributed by atoms with Crippen LogP contribution in [0.2, 0.25) is 0 Å². The first-order chi connectivity index (χ1) is 10.6. The number of ether oxygens (including phenoxy) is 1. The molecule has 0 saturated carbocycles. The molecule has 1 N–H and O–H groups in total. The largest absolute Gasteiger partial charge is 0.487 e. The Hall–Kier alpha value is -2.61. The molecule has 0 aliphatic rings. The highest BCUT2D eigenvalue weighted by molar-refractivity contribution is 7.09. The second kappa shape index (κ2) is 6.02. The predicted molar refractivity (Wildman–Crippen MR) is 80.3 cm³/mol. The lowest BCUT2D eigenvalue weighted by Gasteiger charge is -2.05. The van der Waals surface area contributed by atoms with Gasteiger partial charge < -0.3 is 9.26 Å². The number of hydrogen-bond donors (Lipinski definition) is 1. The van der Waals surface area contributed by atoms with E-state index in [1.54, 1.807) is 35.6 Å². The number of aromatic amines is 1. The van der Waals surface area contributed by atoms with E-state index in [1.165, 1.54) is 0 Å². The number of hydrogen-bond acceptors (Lipinski definition) is 6. The minimum Gasteiger partial charge on any atom is -0.487 e. The van der Waals surface area contributed by atoms with E-state index in [4.69, 9.17) is 9.26 Å². The van der Waals surface area contributed by atoms with Gasteiger partial charge in [0.15, 0.2) is 0 Å². The molecule has 0 bridgehead atoms. The summed E-state index contributed by atoms with van der Waals surface area (Å²) in [5.74, 6) is -0.0548. The Morgan fingerprint density at radius 2 is 2.09 bits per heavy atom. The molecular formula is C14H13N3O4S. The van der Waals surface area contributed by atoms with Gasteiger partial charge in [0.2, 0.25) is 0 Å². The summed E-state index contributed by atoms with van der Waals surface area (Å²) < 4.78 is 11.3. The van der Waals surface area contributed by atoms with E-state index in [-0.39, 0.29) is 6.54 Å². The highest BCUT2D eigenvalue weighted by Crippen LogP contribution is 2.15. The van der Waals surface area contributed by atoms with Gasteiger partial charge in [0.1, 0.15) is 12.4 Å². The maximum Gasteiger partial charge on any atom is 0.440 e. The summed E-state index contributed by atoms with van der Waals surface area (Å²) in [6, 6.07) is 7.21. The fraction of sp³-hybridized carbons (Fsp3) is 0.214. The molecule has 1 aromatic carbocycles. The van der Waals surface area contributed by atoms with Crippen molar-refractivity contribution < 1.29 is 9.26 Å². The van der Waals surface area contributed by atoms with Gasteiger partial charge in [-0.15, -0.1) is 16.1 Å². The van der Waals surface area contributed by atoms with Gasteiger partial charge in [-0.05, 0) is 24.6 Å². The second-order valence-corrected chi connectivity index (χ2v) is 5.70. The summed E-state index contributed by atoms with van der Waals surface area (Å²) in [4.78, 5) is 28.6. The van der Waals surface area contributed by atoms with Crippen LogP contribution in [-0.2, 0) is 13.2 Å². The minimum absolute atomic E-state index is 0.184. The van der Waals surface area contributed by atoms with E-state index < -0.39 is 11.4 Å². The van der Waals surface area contributed by atoms with E-state index in [0.717, 1.165) is 21.0 Å². The molecule has 0 aliphatic heterocycles. The van der Waals surface area contributed by atoms with Gasteiger partial charge in [-0.25, -0.2) is 19.6 Å². The Bertz CT molecular complexity index is 872. The first-order valence-electron chi connectivity index (χ1n) is 6.53. The predicted octanol–water partition coefficient (Wildman–Crippen LogP) is 1.52. The van der Waals surface area contributed by atoms with Crippen LogP contribution in [0.3, 0.4) is 0 Å². The van der Waals surface area contributed by atoms with Gasteiger partial charge in [-0.1, -0.05) is 12.1 Å². The third kappa shape index (κ3) is 3.34. The van der Waals surface area contributed by atoms with Crippen molar-refractivity contribution >= 4 is 11.3 Å². The number of benzene rings is 1. The molecule has 7 nitrogen and oxygen atoms in total.